The molecule has 2 aliphatic rings. The zero-order valence-electron chi connectivity index (χ0n) is 15.1. The summed E-state index contributed by atoms with van der Waals surface area (Å²) in [6.45, 7) is 1.55. The van der Waals surface area contributed by atoms with Crippen LogP contribution in [-0.2, 0) is 16.8 Å². The van der Waals surface area contributed by atoms with Crippen LogP contribution in [0.15, 0.2) is 47.5 Å². The molecule has 2 aromatic carbocycles. The van der Waals surface area contributed by atoms with Gasteiger partial charge in [0.15, 0.2) is 0 Å². The van der Waals surface area contributed by atoms with Crippen LogP contribution in [0.1, 0.15) is 17.5 Å². The summed E-state index contributed by atoms with van der Waals surface area (Å²) in [4.78, 5) is 32.0. The number of benzene rings is 2. The van der Waals surface area contributed by atoms with Gasteiger partial charge in [0, 0.05) is 12.6 Å². The summed E-state index contributed by atoms with van der Waals surface area (Å²) in [5, 5.41) is 12.0. The maximum atomic E-state index is 12.0. The lowest BCUT2D eigenvalue weighted by Crippen LogP contribution is -2.49. The summed E-state index contributed by atoms with van der Waals surface area (Å²) in [6, 6.07) is 11.2. The average molecular weight is 378 g/mol. The molecule has 1 fully saturated rings. The minimum absolute atomic E-state index is 0.0886. The fourth-order valence-electron chi connectivity index (χ4n) is 4.45. The van der Waals surface area contributed by atoms with E-state index in [1.165, 1.54) is 18.0 Å². The predicted octanol–water partition coefficient (Wildman–Crippen LogP) is 2.51. The number of hydrogen-bond acceptors (Lipinski definition) is 6. The second kappa shape index (κ2) is 6.13. The highest BCUT2D eigenvalue weighted by molar-refractivity contribution is 5.87. The lowest BCUT2D eigenvalue weighted by molar-refractivity contribution is -0.384. The molecule has 1 spiro atoms. The van der Waals surface area contributed by atoms with Gasteiger partial charge in [-0.15, -0.1) is 0 Å². The third kappa shape index (κ3) is 2.49. The van der Waals surface area contributed by atoms with E-state index >= 15 is 0 Å². The number of rotatable bonds is 2. The summed E-state index contributed by atoms with van der Waals surface area (Å²) in [6.07, 6.45) is 3.09. The Morgan fingerprint density at radius 1 is 1.29 bits per heavy atom. The molecule has 0 amide bonds. The molecule has 142 valence electrons. The molecule has 1 atom stereocenters. The number of anilines is 1. The van der Waals surface area contributed by atoms with Crippen molar-refractivity contribution in [2.75, 3.05) is 24.6 Å². The van der Waals surface area contributed by atoms with E-state index in [2.05, 4.69) is 22.1 Å². The molecule has 1 aromatic heterocycles. The van der Waals surface area contributed by atoms with Gasteiger partial charge < -0.3 is 14.6 Å². The molecule has 1 aliphatic carbocycles. The second-order valence-corrected chi connectivity index (χ2v) is 7.27. The summed E-state index contributed by atoms with van der Waals surface area (Å²) in [5.41, 5.74) is 2.42. The number of nitrogens with one attached hydrogen (secondary N) is 1. The van der Waals surface area contributed by atoms with Gasteiger partial charge in [-0.25, -0.2) is 4.98 Å². The predicted molar refractivity (Wildman–Crippen MR) is 104 cm³/mol. The number of aromatic amines is 1. The molecule has 0 bridgehead atoms. The number of hydrogen-bond donors (Lipinski definition) is 1. The average Bonchev–Trinajstić information content (AvgIpc) is 3.05. The molecule has 0 saturated carbocycles. The summed E-state index contributed by atoms with van der Waals surface area (Å²) >= 11 is 0. The third-order valence-electron chi connectivity index (χ3n) is 5.77. The summed E-state index contributed by atoms with van der Waals surface area (Å²) in [7, 11) is 0. The highest BCUT2D eigenvalue weighted by Crippen LogP contribution is 2.44. The van der Waals surface area contributed by atoms with Gasteiger partial charge in [0.25, 0.3) is 11.2 Å². The van der Waals surface area contributed by atoms with Crippen LogP contribution in [0.25, 0.3) is 10.9 Å². The standard InChI is InChI=1S/C20H18N4O4/c25-19-14-9-18(24(26)27)17(10-16(14)21-12-22-19)23-7-8-28-20(11-23)6-5-13-3-1-2-4-15(13)20/h1-4,9-10,12H,5-8,11H2,(H,21,22,25). The van der Waals surface area contributed by atoms with Gasteiger partial charge in [0.2, 0.25) is 0 Å². The maximum absolute atomic E-state index is 12.0. The minimum atomic E-state index is -0.459. The van der Waals surface area contributed by atoms with E-state index in [4.69, 9.17) is 4.74 Å². The number of ether oxygens (including phenoxy) is 1. The van der Waals surface area contributed by atoms with Crippen molar-refractivity contribution >= 4 is 22.3 Å². The largest absolute Gasteiger partial charge is 0.367 e. The Labute approximate surface area is 159 Å². The first-order valence-corrected chi connectivity index (χ1v) is 9.20. The smallest absolute Gasteiger partial charge is 0.293 e. The molecule has 3 aromatic rings. The van der Waals surface area contributed by atoms with Gasteiger partial charge in [-0.2, -0.15) is 0 Å². The number of fused-ring (bicyclic) bond motifs is 3. The van der Waals surface area contributed by atoms with Crippen LogP contribution >= 0.6 is 0 Å². The van der Waals surface area contributed by atoms with Crippen molar-refractivity contribution < 1.29 is 9.66 Å². The molecule has 5 rings (SSSR count). The van der Waals surface area contributed by atoms with Gasteiger partial charge >= 0.3 is 0 Å². The van der Waals surface area contributed by atoms with Gasteiger partial charge in [0.05, 0.1) is 35.3 Å². The number of morpholine rings is 1. The van der Waals surface area contributed by atoms with Crippen LogP contribution in [0.5, 0.6) is 0 Å². The molecule has 28 heavy (non-hydrogen) atoms. The highest BCUT2D eigenvalue weighted by atomic mass is 16.6. The molecule has 1 N–H and O–H groups in total. The Bertz CT molecular complexity index is 1150. The van der Waals surface area contributed by atoms with E-state index in [1.807, 2.05) is 17.0 Å². The highest BCUT2D eigenvalue weighted by Gasteiger charge is 2.44. The zero-order valence-corrected chi connectivity index (χ0v) is 15.1. The van der Waals surface area contributed by atoms with E-state index in [-0.39, 0.29) is 16.6 Å². The van der Waals surface area contributed by atoms with Crippen molar-refractivity contribution in [3.63, 3.8) is 0 Å². The first-order valence-electron chi connectivity index (χ1n) is 9.20. The summed E-state index contributed by atoms with van der Waals surface area (Å²) < 4.78 is 6.23. The second-order valence-electron chi connectivity index (χ2n) is 7.27. The Morgan fingerprint density at radius 3 is 3.00 bits per heavy atom. The molecule has 8 heteroatoms. The SMILES string of the molecule is O=c1[nH]cnc2cc(N3CCOC4(CCc5ccccc54)C3)c([N+](=O)[O-])cc12. The third-order valence-corrected chi connectivity index (χ3v) is 5.77. The topological polar surface area (TPSA) is 101 Å². The van der Waals surface area contributed by atoms with Crippen LogP contribution < -0.4 is 10.5 Å². The lowest BCUT2D eigenvalue weighted by Gasteiger charge is -2.42. The van der Waals surface area contributed by atoms with Crippen molar-refractivity contribution in [1.82, 2.24) is 9.97 Å². The molecule has 2 heterocycles. The summed E-state index contributed by atoms with van der Waals surface area (Å²) in [5.74, 6) is 0. The normalized spacial score (nSPS) is 21.2. The molecule has 0 radical (unpaired) electrons. The molecule has 1 saturated heterocycles. The van der Waals surface area contributed by atoms with E-state index in [1.54, 1.807) is 6.07 Å². The van der Waals surface area contributed by atoms with Crippen LogP contribution in [0, 0.1) is 10.1 Å². The van der Waals surface area contributed by atoms with E-state index in [0.717, 1.165) is 18.4 Å². The number of nitro groups is 1. The number of nitro benzene ring substituents is 1. The van der Waals surface area contributed by atoms with E-state index in [0.29, 0.717) is 30.9 Å². The fraction of sp³-hybridized carbons (Fsp3) is 0.300. The fourth-order valence-corrected chi connectivity index (χ4v) is 4.45. The van der Waals surface area contributed by atoms with E-state index < -0.39 is 10.5 Å². The van der Waals surface area contributed by atoms with Gasteiger partial charge in [-0.05, 0) is 30.0 Å². The van der Waals surface area contributed by atoms with Crippen LogP contribution in [0.2, 0.25) is 0 Å². The van der Waals surface area contributed by atoms with Gasteiger partial charge in [-0.3, -0.25) is 14.9 Å². The monoisotopic (exact) mass is 378 g/mol. The molecule has 1 aliphatic heterocycles. The lowest BCUT2D eigenvalue weighted by atomic mass is 9.93. The van der Waals surface area contributed by atoms with Crippen LogP contribution in [-0.4, -0.2) is 34.6 Å². The van der Waals surface area contributed by atoms with E-state index in [9.17, 15) is 14.9 Å². The Hall–Kier alpha value is -3.26. The maximum Gasteiger partial charge on any atom is 0.293 e. The van der Waals surface area contributed by atoms with Crippen molar-refractivity contribution in [1.29, 1.82) is 0 Å². The van der Waals surface area contributed by atoms with Gasteiger partial charge in [-0.1, -0.05) is 24.3 Å². The quantitative estimate of drug-likeness (QED) is 0.543. The first kappa shape index (κ1) is 16.9. The van der Waals surface area contributed by atoms with Crippen molar-refractivity contribution in [2.45, 2.75) is 18.4 Å². The molecule has 8 nitrogen and oxygen atoms in total. The Balaban J connectivity index is 1.61. The van der Waals surface area contributed by atoms with Crippen molar-refractivity contribution in [3.8, 4) is 0 Å². The molecular weight excluding hydrogens is 360 g/mol. The van der Waals surface area contributed by atoms with Crippen LogP contribution in [0.3, 0.4) is 0 Å². The molecule has 1 unspecified atom stereocenters. The first-order chi connectivity index (χ1) is 13.6. The molecular formula is C20H18N4O4. The van der Waals surface area contributed by atoms with Crippen LogP contribution in [0.4, 0.5) is 11.4 Å². The zero-order chi connectivity index (χ0) is 19.3. The number of aryl methyl sites for hydroxylation is 1. The Morgan fingerprint density at radius 2 is 2.14 bits per heavy atom. The Kier molecular flexibility index (Phi) is 3.70. The van der Waals surface area contributed by atoms with Gasteiger partial charge in [0.1, 0.15) is 11.3 Å². The van der Waals surface area contributed by atoms with Crippen molar-refractivity contribution in [2.24, 2.45) is 0 Å². The number of aromatic nitrogens is 2. The number of nitrogens with zero attached hydrogens (tertiary/aromatic N) is 3. The minimum Gasteiger partial charge on any atom is -0.367 e. The number of H-pyrrole nitrogens is 1. The van der Waals surface area contributed by atoms with Crippen molar-refractivity contribution in [3.05, 3.63) is 74.3 Å².